The summed E-state index contributed by atoms with van der Waals surface area (Å²) in [6.07, 6.45) is 2.15. The predicted molar refractivity (Wildman–Crippen MR) is 82.0 cm³/mol. The lowest BCUT2D eigenvalue weighted by Gasteiger charge is -2.34. The molecule has 6 nitrogen and oxygen atoms in total. The SMILES string of the molecule is COc1ccc(CC2CN(C(=O)OC(C)(C)C)CCO2)cn1. The van der Waals surface area contributed by atoms with Crippen molar-refractivity contribution in [1.82, 2.24) is 9.88 Å². The van der Waals surface area contributed by atoms with Gasteiger partial charge in [0.2, 0.25) is 5.88 Å². The highest BCUT2D eigenvalue weighted by Crippen LogP contribution is 2.16. The van der Waals surface area contributed by atoms with Gasteiger partial charge in [-0.15, -0.1) is 0 Å². The maximum atomic E-state index is 12.1. The lowest BCUT2D eigenvalue weighted by Crippen LogP contribution is -2.48. The van der Waals surface area contributed by atoms with Gasteiger partial charge in [0.1, 0.15) is 5.60 Å². The van der Waals surface area contributed by atoms with Crippen molar-refractivity contribution in [2.75, 3.05) is 26.8 Å². The minimum Gasteiger partial charge on any atom is -0.481 e. The van der Waals surface area contributed by atoms with Gasteiger partial charge in [-0.3, -0.25) is 0 Å². The van der Waals surface area contributed by atoms with E-state index in [9.17, 15) is 4.79 Å². The number of amides is 1. The number of hydrogen-bond donors (Lipinski definition) is 0. The van der Waals surface area contributed by atoms with E-state index in [0.29, 0.717) is 32.0 Å². The Kier molecular flexibility index (Phi) is 5.24. The van der Waals surface area contributed by atoms with Crippen LogP contribution in [0.2, 0.25) is 0 Å². The van der Waals surface area contributed by atoms with Gasteiger partial charge in [0, 0.05) is 25.2 Å². The summed E-state index contributed by atoms with van der Waals surface area (Å²) >= 11 is 0. The summed E-state index contributed by atoms with van der Waals surface area (Å²) in [7, 11) is 1.59. The molecule has 122 valence electrons. The zero-order chi connectivity index (χ0) is 16.2. The molecule has 0 saturated carbocycles. The van der Waals surface area contributed by atoms with Gasteiger partial charge in [-0.2, -0.15) is 0 Å². The van der Waals surface area contributed by atoms with Crippen LogP contribution in [0.5, 0.6) is 5.88 Å². The summed E-state index contributed by atoms with van der Waals surface area (Å²) in [5, 5.41) is 0. The lowest BCUT2D eigenvalue weighted by molar-refractivity contribution is -0.0415. The largest absolute Gasteiger partial charge is 0.481 e. The maximum Gasteiger partial charge on any atom is 0.410 e. The van der Waals surface area contributed by atoms with Crippen LogP contribution in [0.3, 0.4) is 0 Å². The first-order valence-corrected chi connectivity index (χ1v) is 7.46. The van der Waals surface area contributed by atoms with Gasteiger partial charge in [-0.05, 0) is 26.3 Å². The minimum absolute atomic E-state index is 0.0449. The Morgan fingerprint density at radius 2 is 2.23 bits per heavy atom. The van der Waals surface area contributed by atoms with E-state index in [1.807, 2.05) is 32.9 Å². The first-order valence-electron chi connectivity index (χ1n) is 7.46. The van der Waals surface area contributed by atoms with Gasteiger partial charge < -0.3 is 19.1 Å². The van der Waals surface area contributed by atoms with Crippen molar-refractivity contribution in [3.63, 3.8) is 0 Å². The Morgan fingerprint density at radius 3 is 2.82 bits per heavy atom. The summed E-state index contributed by atoms with van der Waals surface area (Å²) in [5.74, 6) is 0.587. The van der Waals surface area contributed by atoms with E-state index >= 15 is 0 Å². The molecule has 22 heavy (non-hydrogen) atoms. The molecule has 0 spiro atoms. The van der Waals surface area contributed by atoms with Crippen LogP contribution in [0.1, 0.15) is 26.3 Å². The number of methoxy groups -OCH3 is 1. The highest BCUT2D eigenvalue weighted by atomic mass is 16.6. The number of carbonyl (C=O) groups is 1. The monoisotopic (exact) mass is 308 g/mol. The minimum atomic E-state index is -0.481. The molecule has 2 heterocycles. The third kappa shape index (κ3) is 4.87. The van der Waals surface area contributed by atoms with Gasteiger partial charge in [-0.1, -0.05) is 6.07 Å². The fourth-order valence-electron chi connectivity index (χ4n) is 2.25. The molecule has 1 aromatic heterocycles. The Bertz CT molecular complexity index is 496. The molecule has 1 atom stereocenters. The van der Waals surface area contributed by atoms with E-state index in [2.05, 4.69) is 4.98 Å². The van der Waals surface area contributed by atoms with Crippen LogP contribution in [0.15, 0.2) is 18.3 Å². The van der Waals surface area contributed by atoms with Crippen molar-refractivity contribution in [2.24, 2.45) is 0 Å². The predicted octanol–water partition coefficient (Wildman–Crippen LogP) is 2.27. The average Bonchev–Trinajstić information content (AvgIpc) is 2.46. The molecule has 2 rings (SSSR count). The fraction of sp³-hybridized carbons (Fsp3) is 0.625. The maximum absolute atomic E-state index is 12.1. The van der Waals surface area contributed by atoms with Crippen molar-refractivity contribution >= 4 is 6.09 Å². The molecule has 1 fully saturated rings. The Hall–Kier alpha value is -1.82. The summed E-state index contributed by atoms with van der Waals surface area (Å²) in [6, 6.07) is 3.78. The Labute approximate surface area is 131 Å². The van der Waals surface area contributed by atoms with E-state index in [-0.39, 0.29) is 12.2 Å². The number of hydrogen-bond acceptors (Lipinski definition) is 5. The normalized spacial score (nSPS) is 18.9. The number of nitrogens with zero attached hydrogens (tertiary/aromatic N) is 2. The van der Waals surface area contributed by atoms with E-state index < -0.39 is 5.60 Å². The van der Waals surface area contributed by atoms with Crippen LogP contribution in [0, 0.1) is 0 Å². The summed E-state index contributed by atoms with van der Waals surface area (Å²) in [4.78, 5) is 18.0. The standard InChI is InChI=1S/C16H24N2O4/c1-16(2,3)22-15(19)18-7-8-21-13(11-18)9-12-5-6-14(20-4)17-10-12/h5-6,10,13H,7-9,11H2,1-4H3. The molecule has 0 N–H and O–H groups in total. The molecule has 0 aromatic carbocycles. The highest BCUT2D eigenvalue weighted by Gasteiger charge is 2.28. The molecule has 1 aliphatic heterocycles. The van der Waals surface area contributed by atoms with E-state index in [0.717, 1.165) is 5.56 Å². The summed E-state index contributed by atoms with van der Waals surface area (Å²) in [5.41, 5.74) is 0.571. The molecular formula is C16H24N2O4. The van der Waals surface area contributed by atoms with Crippen LogP contribution in [-0.2, 0) is 15.9 Å². The number of aromatic nitrogens is 1. The lowest BCUT2D eigenvalue weighted by atomic mass is 10.1. The molecule has 6 heteroatoms. The summed E-state index contributed by atoms with van der Waals surface area (Å²) < 4.78 is 16.2. The van der Waals surface area contributed by atoms with Crippen molar-refractivity contribution < 1.29 is 19.0 Å². The van der Waals surface area contributed by atoms with Gasteiger partial charge in [0.05, 0.1) is 26.4 Å². The smallest absolute Gasteiger partial charge is 0.410 e. The molecule has 1 aromatic rings. The van der Waals surface area contributed by atoms with Crippen LogP contribution in [0.25, 0.3) is 0 Å². The van der Waals surface area contributed by atoms with Gasteiger partial charge in [-0.25, -0.2) is 9.78 Å². The van der Waals surface area contributed by atoms with Crippen molar-refractivity contribution in [2.45, 2.75) is 38.9 Å². The fourth-order valence-corrected chi connectivity index (χ4v) is 2.25. The molecule has 1 amide bonds. The number of pyridine rings is 1. The van der Waals surface area contributed by atoms with Gasteiger partial charge in [0.15, 0.2) is 0 Å². The number of carbonyl (C=O) groups excluding carboxylic acids is 1. The second kappa shape index (κ2) is 6.96. The van der Waals surface area contributed by atoms with Crippen molar-refractivity contribution in [1.29, 1.82) is 0 Å². The van der Waals surface area contributed by atoms with Crippen LogP contribution in [-0.4, -0.2) is 54.5 Å². The second-order valence-electron chi connectivity index (χ2n) is 6.33. The third-order valence-corrected chi connectivity index (χ3v) is 3.26. The Morgan fingerprint density at radius 1 is 1.45 bits per heavy atom. The van der Waals surface area contributed by atoms with Crippen molar-refractivity contribution in [3.8, 4) is 5.88 Å². The molecule has 0 aliphatic carbocycles. The number of morpholine rings is 1. The number of rotatable bonds is 3. The summed E-state index contributed by atoms with van der Waals surface area (Å²) in [6.45, 7) is 7.21. The average molecular weight is 308 g/mol. The molecule has 1 aliphatic rings. The van der Waals surface area contributed by atoms with Crippen LogP contribution in [0.4, 0.5) is 4.79 Å². The van der Waals surface area contributed by atoms with E-state index in [4.69, 9.17) is 14.2 Å². The first-order chi connectivity index (χ1) is 10.4. The first kappa shape index (κ1) is 16.5. The Balaban J connectivity index is 1.91. The molecule has 1 unspecified atom stereocenters. The topological polar surface area (TPSA) is 60.9 Å². The van der Waals surface area contributed by atoms with Crippen LogP contribution >= 0.6 is 0 Å². The molecular weight excluding hydrogens is 284 g/mol. The zero-order valence-corrected chi connectivity index (χ0v) is 13.7. The number of ether oxygens (including phenoxy) is 3. The van der Waals surface area contributed by atoms with E-state index in [1.165, 1.54) is 0 Å². The van der Waals surface area contributed by atoms with Gasteiger partial charge >= 0.3 is 6.09 Å². The third-order valence-electron chi connectivity index (χ3n) is 3.26. The van der Waals surface area contributed by atoms with E-state index in [1.54, 1.807) is 18.2 Å². The molecule has 0 radical (unpaired) electrons. The van der Waals surface area contributed by atoms with Crippen molar-refractivity contribution in [3.05, 3.63) is 23.9 Å². The molecule has 0 bridgehead atoms. The van der Waals surface area contributed by atoms with Crippen LogP contribution < -0.4 is 4.74 Å². The molecule has 1 saturated heterocycles. The quantitative estimate of drug-likeness (QED) is 0.857. The van der Waals surface area contributed by atoms with Gasteiger partial charge in [0.25, 0.3) is 0 Å². The highest BCUT2D eigenvalue weighted by molar-refractivity contribution is 5.68. The zero-order valence-electron chi connectivity index (χ0n) is 13.7. The second-order valence-corrected chi connectivity index (χ2v) is 6.33.